The first kappa shape index (κ1) is 13.8. The van der Waals surface area contributed by atoms with Crippen LogP contribution in [0.3, 0.4) is 0 Å². The molecule has 2 aromatic rings. The van der Waals surface area contributed by atoms with E-state index in [0.717, 1.165) is 18.4 Å². The molecule has 0 heterocycles. The Morgan fingerprint density at radius 3 is 2.21 bits per heavy atom. The van der Waals surface area contributed by atoms with Gasteiger partial charge in [-0.3, -0.25) is 0 Å². The predicted molar refractivity (Wildman–Crippen MR) is 77.7 cm³/mol. The van der Waals surface area contributed by atoms with Crippen LogP contribution >= 0.6 is 0 Å². The third kappa shape index (κ3) is 3.90. The largest absolute Gasteiger partial charge is 0.313 e. The molecule has 2 heteroatoms. The van der Waals surface area contributed by atoms with Gasteiger partial charge in [0.05, 0.1) is 0 Å². The molecule has 0 amide bonds. The molecule has 0 aromatic heterocycles. The molecule has 0 fully saturated rings. The first-order valence-electron chi connectivity index (χ1n) is 6.67. The molecule has 0 spiro atoms. The molecule has 1 nitrogen and oxygen atoms in total. The van der Waals surface area contributed by atoms with Crippen LogP contribution in [0.5, 0.6) is 0 Å². The first-order valence-corrected chi connectivity index (χ1v) is 6.67. The van der Waals surface area contributed by atoms with Gasteiger partial charge in [0.15, 0.2) is 0 Å². The highest BCUT2D eigenvalue weighted by Crippen LogP contribution is 2.19. The minimum atomic E-state index is -0.183. The van der Waals surface area contributed by atoms with Gasteiger partial charge in [-0.2, -0.15) is 0 Å². The van der Waals surface area contributed by atoms with E-state index in [1.165, 1.54) is 23.3 Å². The van der Waals surface area contributed by atoms with Crippen molar-refractivity contribution in [3.05, 3.63) is 71.0 Å². The molecule has 2 rings (SSSR count). The lowest BCUT2D eigenvalue weighted by Gasteiger charge is -2.16. The maximum absolute atomic E-state index is 12.9. The number of hydrogen-bond acceptors (Lipinski definition) is 1. The molecule has 1 atom stereocenters. The van der Waals surface area contributed by atoms with Gasteiger partial charge in [0, 0.05) is 6.04 Å². The molecule has 100 valence electrons. The Labute approximate surface area is 114 Å². The van der Waals surface area contributed by atoms with Gasteiger partial charge < -0.3 is 5.32 Å². The molecule has 0 aliphatic carbocycles. The van der Waals surface area contributed by atoms with Crippen molar-refractivity contribution in [3.8, 4) is 0 Å². The van der Waals surface area contributed by atoms with Crippen molar-refractivity contribution in [3.63, 3.8) is 0 Å². The van der Waals surface area contributed by atoms with Crippen LogP contribution in [0.15, 0.2) is 48.5 Å². The van der Waals surface area contributed by atoms with Crippen LogP contribution in [0.4, 0.5) is 4.39 Å². The fourth-order valence-corrected chi connectivity index (χ4v) is 2.24. The van der Waals surface area contributed by atoms with Gasteiger partial charge >= 0.3 is 0 Å². The Bertz CT molecular complexity index is 502. The van der Waals surface area contributed by atoms with Gasteiger partial charge in [-0.1, -0.05) is 42.0 Å². The van der Waals surface area contributed by atoms with Crippen LogP contribution in [0, 0.1) is 12.7 Å². The lowest BCUT2D eigenvalue weighted by molar-refractivity contribution is 0.546. The second-order valence-corrected chi connectivity index (χ2v) is 4.92. The normalized spacial score (nSPS) is 12.4. The van der Waals surface area contributed by atoms with Gasteiger partial charge in [-0.05, 0) is 50.1 Å². The van der Waals surface area contributed by atoms with Crippen LogP contribution in [-0.4, -0.2) is 7.05 Å². The van der Waals surface area contributed by atoms with E-state index >= 15 is 0 Å². The molecule has 1 unspecified atom stereocenters. The summed E-state index contributed by atoms with van der Waals surface area (Å²) in [5.41, 5.74) is 3.76. The summed E-state index contributed by atoms with van der Waals surface area (Å²) in [4.78, 5) is 0. The quantitative estimate of drug-likeness (QED) is 0.852. The number of benzene rings is 2. The summed E-state index contributed by atoms with van der Waals surface area (Å²) in [5.74, 6) is -0.183. The van der Waals surface area contributed by atoms with Gasteiger partial charge in [-0.15, -0.1) is 0 Å². The second kappa shape index (κ2) is 6.48. The van der Waals surface area contributed by atoms with E-state index in [0.29, 0.717) is 0 Å². The Kier molecular flexibility index (Phi) is 4.69. The van der Waals surface area contributed by atoms with Crippen molar-refractivity contribution in [1.29, 1.82) is 0 Å². The lowest BCUT2D eigenvalue weighted by atomic mass is 9.98. The minimum absolute atomic E-state index is 0.183. The van der Waals surface area contributed by atoms with Crippen LogP contribution < -0.4 is 5.32 Å². The highest BCUT2D eigenvalue weighted by molar-refractivity contribution is 5.23. The number of rotatable bonds is 5. The molecule has 0 saturated carbocycles. The van der Waals surface area contributed by atoms with Crippen molar-refractivity contribution in [2.75, 3.05) is 7.05 Å². The van der Waals surface area contributed by atoms with Crippen LogP contribution in [0.1, 0.15) is 29.2 Å². The van der Waals surface area contributed by atoms with Gasteiger partial charge in [0.2, 0.25) is 0 Å². The van der Waals surface area contributed by atoms with Crippen LogP contribution in [0.2, 0.25) is 0 Å². The summed E-state index contributed by atoms with van der Waals surface area (Å²) in [5, 5.41) is 3.30. The van der Waals surface area contributed by atoms with Gasteiger partial charge in [-0.25, -0.2) is 4.39 Å². The molecule has 1 N–H and O–H groups in total. The predicted octanol–water partition coefficient (Wildman–Crippen LogP) is 4.03. The SMILES string of the molecule is CNC(CCc1ccc(C)cc1)c1ccc(F)cc1. The van der Waals surface area contributed by atoms with E-state index in [1.54, 1.807) is 0 Å². The van der Waals surface area contributed by atoms with Crippen molar-refractivity contribution in [1.82, 2.24) is 5.32 Å². The molecule has 0 bridgehead atoms. The minimum Gasteiger partial charge on any atom is -0.313 e. The van der Waals surface area contributed by atoms with Crippen molar-refractivity contribution in [2.45, 2.75) is 25.8 Å². The van der Waals surface area contributed by atoms with Gasteiger partial charge in [0.25, 0.3) is 0 Å². The molecule has 0 aliphatic rings. The number of hydrogen-bond donors (Lipinski definition) is 1. The molecule has 19 heavy (non-hydrogen) atoms. The number of aryl methyl sites for hydroxylation is 2. The van der Waals surface area contributed by atoms with E-state index in [4.69, 9.17) is 0 Å². The molecular weight excluding hydrogens is 237 g/mol. The van der Waals surface area contributed by atoms with Crippen LogP contribution in [-0.2, 0) is 6.42 Å². The third-order valence-corrected chi connectivity index (χ3v) is 3.46. The molecular formula is C17H20FN. The summed E-state index contributed by atoms with van der Waals surface area (Å²) >= 11 is 0. The zero-order valence-electron chi connectivity index (χ0n) is 11.5. The maximum Gasteiger partial charge on any atom is 0.123 e. The van der Waals surface area contributed by atoms with Crippen LogP contribution in [0.25, 0.3) is 0 Å². The van der Waals surface area contributed by atoms with E-state index in [2.05, 4.69) is 36.5 Å². The summed E-state index contributed by atoms with van der Waals surface area (Å²) in [7, 11) is 1.95. The highest BCUT2D eigenvalue weighted by Gasteiger charge is 2.09. The molecule has 0 radical (unpaired) electrons. The molecule has 0 saturated heterocycles. The van der Waals surface area contributed by atoms with Crippen molar-refractivity contribution < 1.29 is 4.39 Å². The molecule has 2 aromatic carbocycles. The first-order chi connectivity index (χ1) is 9.19. The zero-order valence-corrected chi connectivity index (χ0v) is 11.5. The topological polar surface area (TPSA) is 12.0 Å². The van der Waals surface area contributed by atoms with Crippen molar-refractivity contribution >= 4 is 0 Å². The Morgan fingerprint density at radius 2 is 1.63 bits per heavy atom. The fraction of sp³-hybridized carbons (Fsp3) is 0.294. The smallest absolute Gasteiger partial charge is 0.123 e. The zero-order chi connectivity index (χ0) is 13.7. The Morgan fingerprint density at radius 1 is 1.00 bits per heavy atom. The lowest BCUT2D eigenvalue weighted by Crippen LogP contribution is -2.17. The maximum atomic E-state index is 12.9. The Hall–Kier alpha value is -1.67. The van der Waals surface area contributed by atoms with Gasteiger partial charge in [0.1, 0.15) is 5.82 Å². The standard InChI is InChI=1S/C17H20FN/c1-13-3-5-14(6-4-13)7-12-17(19-2)15-8-10-16(18)11-9-15/h3-6,8-11,17,19H,7,12H2,1-2H3. The summed E-state index contributed by atoms with van der Waals surface area (Å²) in [6.07, 6.45) is 2.02. The summed E-state index contributed by atoms with van der Waals surface area (Å²) < 4.78 is 12.9. The highest BCUT2D eigenvalue weighted by atomic mass is 19.1. The Balaban J connectivity index is 1.99. The average molecular weight is 257 g/mol. The van der Waals surface area contributed by atoms with E-state index < -0.39 is 0 Å². The fourth-order valence-electron chi connectivity index (χ4n) is 2.24. The summed E-state index contributed by atoms with van der Waals surface area (Å²) in [6.45, 7) is 2.10. The summed E-state index contributed by atoms with van der Waals surface area (Å²) in [6, 6.07) is 15.6. The van der Waals surface area contributed by atoms with Crippen molar-refractivity contribution in [2.24, 2.45) is 0 Å². The number of halogens is 1. The monoisotopic (exact) mass is 257 g/mol. The van der Waals surface area contributed by atoms with E-state index in [9.17, 15) is 4.39 Å². The second-order valence-electron chi connectivity index (χ2n) is 4.92. The van der Waals surface area contributed by atoms with E-state index in [-0.39, 0.29) is 11.9 Å². The van der Waals surface area contributed by atoms with E-state index in [1.807, 2.05) is 19.2 Å². The molecule has 0 aliphatic heterocycles. The third-order valence-electron chi connectivity index (χ3n) is 3.46. The number of nitrogens with one attached hydrogen (secondary N) is 1. The average Bonchev–Trinajstić information content (AvgIpc) is 2.43.